The van der Waals surface area contributed by atoms with Gasteiger partial charge in [0, 0.05) is 23.2 Å². The summed E-state index contributed by atoms with van der Waals surface area (Å²) in [5.74, 6) is -1.73. The zero-order chi connectivity index (χ0) is 33.2. The zero-order valence-corrected chi connectivity index (χ0v) is 28.0. The lowest BCUT2D eigenvalue weighted by Crippen LogP contribution is -2.63. The molecule has 0 spiro atoms. The van der Waals surface area contributed by atoms with Gasteiger partial charge in [-0.15, -0.1) is 6.58 Å². The third-order valence-electron chi connectivity index (χ3n) is 7.30. The van der Waals surface area contributed by atoms with Gasteiger partial charge in [-0.3, -0.25) is 19.2 Å². The average molecular weight is 632 g/mol. The number of carbonyl (C=O) groups is 4. The molecule has 9 nitrogen and oxygen atoms in total. The molecule has 2 heterocycles. The van der Waals surface area contributed by atoms with Crippen molar-refractivity contribution in [1.29, 1.82) is 0 Å². The fourth-order valence-corrected chi connectivity index (χ4v) is 4.72. The van der Waals surface area contributed by atoms with Gasteiger partial charge in [-0.05, 0) is 86.4 Å². The van der Waals surface area contributed by atoms with E-state index >= 15 is 0 Å². The molecule has 2 aliphatic heterocycles. The van der Waals surface area contributed by atoms with Gasteiger partial charge >= 0.3 is 17.9 Å². The molecule has 44 heavy (non-hydrogen) atoms. The highest BCUT2D eigenvalue weighted by Crippen LogP contribution is 2.39. The molecule has 0 amide bonds. The monoisotopic (exact) mass is 631 g/mol. The molecule has 0 saturated carbocycles. The van der Waals surface area contributed by atoms with E-state index in [1.54, 1.807) is 86.7 Å². The van der Waals surface area contributed by atoms with Crippen molar-refractivity contribution in [3.05, 3.63) is 59.3 Å². The summed E-state index contributed by atoms with van der Waals surface area (Å²) >= 11 is 6.17. The van der Waals surface area contributed by atoms with E-state index in [0.717, 1.165) is 5.56 Å². The van der Waals surface area contributed by atoms with E-state index in [-0.39, 0.29) is 18.8 Å². The number of allylic oxidation sites excluding steroid dienone is 2. The second-order valence-electron chi connectivity index (χ2n) is 14.4. The van der Waals surface area contributed by atoms with Gasteiger partial charge in [0.05, 0.1) is 28.9 Å². The summed E-state index contributed by atoms with van der Waals surface area (Å²) in [5.41, 5.74) is -1.41. The van der Waals surface area contributed by atoms with Gasteiger partial charge in [0.1, 0.15) is 0 Å². The van der Waals surface area contributed by atoms with Crippen LogP contribution in [0, 0.1) is 16.2 Å². The Morgan fingerprint density at radius 3 is 1.89 bits per heavy atom. The molecule has 3 rings (SSSR count). The van der Waals surface area contributed by atoms with Crippen LogP contribution in [-0.2, 0) is 38.1 Å². The Kier molecular flexibility index (Phi) is 10.8. The summed E-state index contributed by atoms with van der Waals surface area (Å²) in [6, 6.07) is 6.59. The molecule has 0 aromatic heterocycles. The van der Waals surface area contributed by atoms with Crippen LogP contribution in [-0.4, -0.2) is 59.7 Å². The number of rotatable bonds is 7. The van der Waals surface area contributed by atoms with Crippen molar-refractivity contribution >= 4 is 35.3 Å². The Hall–Kier alpha value is -3.17. The molecule has 1 aromatic rings. The van der Waals surface area contributed by atoms with Crippen molar-refractivity contribution in [2.75, 3.05) is 6.61 Å². The Morgan fingerprint density at radius 1 is 0.886 bits per heavy atom. The van der Waals surface area contributed by atoms with Crippen LogP contribution >= 0.6 is 11.6 Å². The maximum atomic E-state index is 13.4. The number of ether oxygens (including phenoxy) is 4. The van der Waals surface area contributed by atoms with Crippen molar-refractivity contribution in [1.82, 2.24) is 4.90 Å². The smallest absolute Gasteiger partial charge is 0.311 e. The highest BCUT2D eigenvalue weighted by Gasteiger charge is 2.53. The molecule has 0 aliphatic carbocycles. The molecule has 2 aliphatic rings. The van der Waals surface area contributed by atoms with Gasteiger partial charge in [0.2, 0.25) is 0 Å². The van der Waals surface area contributed by atoms with E-state index in [1.807, 2.05) is 17.0 Å². The first-order chi connectivity index (χ1) is 20.2. The number of Topliss-reactive ketones (excluding diaryl/α,β-unsaturated/α-hetero) is 1. The van der Waals surface area contributed by atoms with Gasteiger partial charge < -0.3 is 23.8 Å². The first kappa shape index (κ1) is 35.3. The van der Waals surface area contributed by atoms with E-state index in [2.05, 4.69) is 6.58 Å². The van der Waals surface area contributed by atoms with Crippen molar-refractivity contribution < 1.29 is 38.1 Å². The second kappa shape index (κ2) is 13.4. The van der Waals surface area contributed by atoms with Gasteiger partial charge in [-0.1, -0.05) is 29.8 Å². The Bertz CT molecular complexity index is 1280. The van der Waals surface area contributed by atoms with Gasteiger partial charge in [0.25, 0.3) is 0 Å². The lowest BCUT2D eigenvalue weighted by atomic mass is 9.90. The summed E-state index contributed by atoms with van der Waals surface area (Å²) < 4.78 is 24.4. The SMILES string of the molecule is C=CCC1=CN([C@H]2OC[C@@H](OC(=O)C(C)(C)C)[C@@H](OC(=O)C(C)(C)C)[C@@H]2OC(=O)C(C)(C)C)[C@@H](c2ccc(Cl)cc2)CC1=O. The van der Waals surface area contributed by atoms with Crippen LogP contribution < -0.4 is 0 Å². The van der Waals surface area contributed by atoms with Crippen molar-refractivity contribution in [3.63, 3.8) is 0 Å². The molecular weight excluding hydrogens is 586 g/mol. The number of nitrogens with zero attached hydrogens (tertiary/aromatic N) is 1. The maximum Gasteiger partial charge on any atom is 0.311 e. The van der Waals surface area contributed by atoms with Crippen LogP contribution in [0.25, 0.3) is 0 Å². The van der Waals surface area contributed by atoms with Gasteiger partial charge in [-0.25, -0.2) is 0 Å². The summed E-state index contributed by atoms with van der Waals surface area (Å²) in [6.45, 7) is 19.0. The van der Waals surface area contributed by atoms with Crippen LogP contribution in [0.2, 0.25) is 5.02 Å². The standard InChI is InChI=1S/C34H46ClNO8/c1-11-12-21-18-36(23(17-24(21)37)20-13-15-22(35)16-14-20)28-27(44-31(40)34(8,9)10)26(43-30(39)33(5,6)7)25(19-41-28)42-29(38)32(2,3)4/h11,13-16,18,23,25-28H,1,12,17,19H2,2-10H3/t23-,25-,26-,27+,28+/m1/s1. The number of esters is 3. The predicted molar refractivity (Wildman–Crippen MR) is 166 cm³/mol. The normalized spacial score (nSPS) is 24.7. The minimum Gasteiger partial charge on any atom is -0.455 e. The molecule has 1 fully saturated rings. The second-order valence-corrected chi connectivity index (χ2v) is 14.9. The third kappa shape index (κ3) is 8.51. The third-order valence-corrected chi connectivity index (χ3v) is 7.55. The summed E-state index contributed by atoms with van der Waals surface area (Å²) in [5, 5.41) is 0.536. The van der Waals surface area contributed by atoms with E-state index < -0.39 is 64.7 Å². The minimum absolute atomic E-state index is 0.0622. The molecule has 0 radical (unpaired) electrons. The molecule has 1 saturated heterocycles. The Labute approximate surface area is 265 Å². The molecule has 0 N–H and O–H groups in total. The molecule has 5 atom stereocenters. The number of ketones is 1. The first-order valence-corrected chi connectivity index (χ1v) is 15.2. The predicted octanol–water partition coefficient (Wildman–Crippen LogP) is 6.35. The number of hydrogen-bond acceptors (Lipinski definition) is 9. The summed E-state index contributed by atoms with van der Waals surface area (Å²) in [4.78, 5) is 54.9. The molecule has 242 valence electrons. The minimum atomic E-state index is -1.23. The van der Waals surface area contributed by atoms with E-state index in [0.29, 0.717) is 17.0 Å². The fraction of sp³-hybridized carbons (Fsp3) is 0.588. The van der Waals surface area contributed by atoms with Crippen molar-refractivity contribution in [3.8, 4) is 0 Å². The van der Waals surface area contributed by atoms with E-state index in [1.165, 1.54) is 0 Å². The number of halogens is 1. The summed E-state index contributed by atoms with van der Waals surface area (Å²) in [7, 11) is 0. The fourth-order valence-electron chi connectivity index (χ4n) is 4.60. The summed E-state index contributed by atoms with van der Waals surface area (Å²) in [6.07, 6.45) is -0.775. The average Bonchev–Trinajstić information content (AvgIpc) is 2.90. The van der Waals surface area contributed by atoms with Crippen LogP contribution in [0.15, 0.2) is 48.7 Å². The van der Waals surface area contributed by atoms with Crippen molar-refractivity contribution in [2.45, 2.75) is 106 Å². The van der Waals surface area contributed by atoms with Crippen LogP contribution in [0.3, 0.4) is 0 Å². The molecule has 1 aromatic carbocycles. The first-order valence-electron chi connectivity index (χ1n) is 14.9. The van der Waals surface area contributed by atoms with Crippen molar-refractivity contribution in [2.24, 2.45) is 16.2 Å². The van der Waals surface area contributed by atoms with Crippen LogP contribution in [0.1, 0.15) is 86.8 Å². The lowest BCUT2D eigenvalue weighted by molar-refractivity contribution is -0.256. The Balaban J connectivity index is 2.19. The van der Waals surface area contributed by atoms with Gasteiger partial charge in [0.15, 0.2) is 30.3 Å². The van der Waals surface area contributed by atoms with Gasteiger partial charge in [-0.2, -0.15) is 0 Å². The maximum absolute atomic E-state index is 13.4. The molecule has 10 heteroatoms. The Morgan fingerprint density at radius 2 is 1.39 bits per heavy atom. The highest BCUT2D eigenvalue weighted by atomic mass is 35.5. The molecule has 0 bridgehead atoms. The van der Waals surface area contributed by atoms with Crippen LogP contribution in [0.5, 0.6) is 0 Å². The highest BCUT2D eigenvalue weighted by molar-refractivity contribution is 6.30. The number of benzene rings is 1. The number of carbonyl (C=O) groups excluding carboxylic acids is 4. The van der Waals surface area contributed by atoms with E-state index in [9.17, 15) is 19.2 Å². The van der Waals surface area contributed by atoms with E-state index in [4.69, 9.17) is 30.5 Å². The molecular formula is C34H46ClNO8. The quantitative estimate of drug-likeness (QED) is 0.193. The molecule has 0 unspecified atom stereocenters. The number of hydrogen-bond donors (Lipinski definition) is 0. The van der Waals surface area contributed by atoms with Crippen LogP contribution in [0.4, 0.5) is 0 Å². The zero-order valence-electron chi connectivity index (χ0n) is 27.3. The lowest BCUT2D eigenvalue weighted by Gasteiger charge is -2.49. The topological polar surface area (TPSA) is 108 Å². The largest absolute Gasteiger partial charge is 0.455 e.